The Morgan fingerprint density at radius 2 is 2.12 bits per heavy atom. The molecule has 2 aliphatic rings. The second-order valence-electron chi connectivity index (χ2n) is 4.31. The number of nitrogens with zero attached hydrogens (tertiary/aromatic N) is 1. The Bertz CT molecular complexity index is 519. The SMILES string of the molecule is CC1NC2=C[NH+]=C(c3ccccc3)CN2C1=O. The van der Waals surface area contributed by atoms with Crippen molar-refractivity contribution < 1.29 is 9.79 Å². The average molecular weight is 228 g/mol. The molecule has 1 fully saturated rings. The van der Waals surface area contributed by atoms with Gasteiger partial charge in [-0.3, -0.25) is 9.69 Å². The summed E-state index contributed by atoms with van der Waals surface area (Å²) in [6, 6.07) is 9.93. The third-order valence-corrected chi connectivity index (χ3v) is 3.11. The summed E-state index contributed by atoms with van der Waals surface area (Å²) in [6.07, 6.45) is 1.85. The monoisotopic (exact) mass is 228 g/mol. The summed E-state index contributed by atoms with van der Waals surface area (Å²) in [4.78, 5) is 16.9. The maximum atomic E-state index is 11.9. The van der Waals surface area contributed by atoms with Crippen LogP contribution in [-0.4, -0.2) is 29.1 Å². The Hall–Kier alpha value is -2.10. The summed E-state index contributed by atoms with van der Waals surface area (Å²) in [5, 5.41) is 3.14. The van der Waals surface area contributed by atoms with Crippen LogP contribution in [0.15, 0.2) is 42.4 Å². The van der Waals surface area contributed by atoms with Crippen molar-refractivity contribution in [1.82, 2.24) is 10.2 Å². The van der Waals surface area contributed by atoms with Crippen LogP contribution in [0.4, 0.5) is 0 Å². The van der Waals surface area contributed by atoms with Crippen LogP contribution in [0.1, 0.15) is 12.5 Å². The van der Waals surface area contributed by atoms with Crippen LogP contribution in [0, 0.1) is 0 Å². The molecule has 1 atom stereocenters. The van der Waals surface area contributed by atoms with Crippen LogP contribution in [0.5, 0.6) is 0 Å². The molecule has 17 heavy (non-hydrogen) atoms. The fraction of sp³-hybridized carbons (Fsp3) is 0.231. The molecule has 1 saturated heterocycles. The first-order chi connectivity index (χ1) is 8.25. The van der Waals surface area contributed by atoms with E-state index in [4.69, 9.17) is 0 Å². The quantitative estimate of drug-likeness (QED) is 0.660. The fourth-order valence-electron chi connectivity index (χ4n) is 2.17. The van der Waals surface area contributed by atoms with Crippen LogP contribution in [-0.2, 0) is 4.79 Å². The summed E-state index contributed by atoms with van der Waals surface area (Å²) in [6.45, 7) is 2.48. The van der Waals surface area contributed by atoms with Gasteiger partial charge in [0.1, 0.15) is 12.6 Å². The Kier molecular flexibility index (Phi) is 2.21. The van der Waals surface area contributed by atoms with Crippen molar-refractivity contribution in [1.29, 1.82) is 0 Å². The van der Waals surface area contributed by atoms with E-state index in [0.717, 1.165) is 17.1 Å². The lowest BCUT2D eigenvalue weighted by molar-refractivity contribution is -0.379. The minimum absolute atomic E-state index is 0.127. The van der Waals surface area contributed by atoms with Gasteiger partial charge in [0.05, 0.1) is 0 Å². The molecule has 0 bridgehead atoms. The van der Waals surface area contributed by atoms with E-state index in [1.165, 1.54) is 0 Å². The molecule has 0 saturated carbocycles. The number of carbonyl (C=O) groups excluding carboxylic acids is 1. The van der Waals surface area contributed by atoms with Gasteiger partial charge in [0.25, 0.3) is 5.91 Å². The van der Waals surface area contributed by atoms with Crippen LogP contribution in [0.25, 0.3) is 0 Å². The highest BCUT2D eigenvalue weighted by Crippen LogP contribution is 2.14. The predicted octanol–water partition coefficient (Wildman–Crippen LogP) is -0.811. The molecule has 2 heterocycles. The van der Waals surface area contributed by atoms with Gasteiger partial charge < -0.3 is 5.32 Å². The van der Waals surface area contributed by atoms with Gasteiger partial charge in [0.15, 0.2) is 5.82 Å². The first-order valence-electron chi connectivity index (χ1n) is 5.71. The van der Waals surface area contributed by atoms with E-state index in [-0.39, 0.29) is 11.9 Å². The van der Waals surface area contributed by atoms with Gasteiger partial charge in [-0.15, -0.1) is 0 Å². The lowest BCUT2D eigenvalue weighted by atomic mass is 10.1. The van der Waals surface area contributed by atoms with Gasteiger partial charge in [0, 0.05) is 5.56 Å². The Balaban J connectivity index is 1.92. The van der Waals surface area contributed by atoms with Crippen molar-refractivity contribution in [3.05, 3.63) is 47.9 Å². The second-order valence-corrected chi connectivity index (χ2v) is 4.31. The van der Waals surface area contributed by atoms with Crippen molar-refractivity contribution >= 4 is 11.6 Å². The number of hydrogen-bond donors (Lipinski definition) is 2. The topological polar surface area (TPSA) is 46.3 Å². The molecule has 4 nitrogen and oxygen atoms in total. The van der Waals surface area contributed by atoms with Crippen LogP contribution >= 0.6 is 0 Å². The molecule has 0 spiro atoms. The molecule has 1 amide bonds. The van der Waals surface area contributed by atoms with Gasteiger partial charge in [-0.05, 0) is 19.1 Å². The number of benzene rings is 1. The van der Waals surface area contributed by atoms with Gasteiger partial charge >= 0.3 is 0 Å². The molecule has 3 rings (SSSR count). The summed E-state index contributed by atoms with van der Waals surface area (Å²) in [5.41, 5.74) is 2.17. The number of amides is 1. The second kappa shape index (κ2) is 3.73. The van der Waals surface area contributed by atoms with Crippen molar-refractivity contribution in [3.8, 4) is 0 Å². The lowest BCUT2D eigenvalue weighted by Gasteiger charge is -2.17. The minimum Gasteiger partial charge on any atom is -0.355 e. The van der Waals surface area contributed by atoms with Gasteiger partial charge in [0.2, 0.25) is 11.9 Å². The van der Waals surface area contributed by atoms with Crippen molar-refractivity contribution in [3.63, 3.8) is 0 Å². The van der Waals surface area contributed by atoms with E-state index in [0.29, 0.717) is 6.54 Å². The highest BCUT2D eigenvalue weighted by molar-refractivity contribution is 6.01. The normalized spacial score (nSPS) is 22.8. The molecular formula is C13H14N3O+. The first kappa shape index (κ1) is 10.1. The molecule has 86 valence electrons. The number of carbonyl (C=O) groups is 1. The van der Waals surface area contributed by atoms with Crippen LogP contribution in [0.3, 0.4) is 0 Å². The minimum atomic E-state index is -0.127. The standard InChI is InChI=1S/C13H13N3O/c1-9-13(17)16-8-11(14-7-12(16)15-9)10-5-3-2-4-6-10/h2-7,9,15H,8H2,1H3/p+1. The Labute approximate surface area is 99.7 Å². The molecule has 0 radical (unpaired) electrons. The third-order valence-electron chi connectivity index (χ3n) is 3.11. The summed E-state index contributed by atoms with van der Waals surface area (Å²) >= 11 is 0. The molecule has 1 aromatic rings. The molecule has 2 aliphatic heterocycles. The average Bonchev–Trinajstić information content (AvgIpc) is 2.66. The molecule has 4 heteroatoms. The Morgan fingerprint density at radius 1 is 1.35 bits per heavy atom. The fourth-order valence-corrected chi connectivity index (χ4v) is 2.17. The van der Waals surface area contributed by atoms with Gasteiger partial charge in [-0.25, -0.2) is 4.99 Å². The van der Waals surface area contributed by atoms with E-state index >= 15 is 0 Å². The van der Waals surface area contributed by atoms with E-state index < -0.39 is 0 Å². The first-order valence-corrected chi connectivity index (χ1v) is 5.71. The summed E-state index contributed by atoms with van der Waals surface area (Å²) in [5.74, 6) is 0.994. The molecular weight excluding hydrogens is 214 g/mol. The Morgan fingerprint density at radius 3 is 2.88 bits per heavy atom. The molecule has 2 N–H and O–H groups in total. The van der Waals surface area contributed by atoms with E-state index in [9.17, 15) is 4.79 Å². The molecule has 1 aromatic carbocycles. The smallest absolute Gasteiger partial charge is 0.251 e. The largest absolute Gasteiger partial charge is 0.355 e. The predicted molar refractivity (Wildman–Crippen MR) is 63.9 cm³/mol. The number of fused-ring (bicyclic) bond motifs is 1. The van der Waals surface area contributed by atoms with Crippen LogP contribution in [0.2, 0.25) is 0 Å². The van der Waals surface area contributed by atoms with Crippen molar-refractivity contribution in [2.24, 2.45) is 0 Å². The van der Waals surface area contributed by atoms with Crippen molar-refractivity contribution in [2.75, 3.05) is 6.54 Å². The number of rotatable bonds is 1. The number of nitrogens with one attached hydrogen (secondary N) is 2. The summed E-state index contributed by atoms with van der Waals surface area (Å²) in [7, 11) is 0. The van der Waals surface area contributed by atoms with E-state index in [1.807, 2.05) is 43.5 Å². The number of hydrogen-bond acceptors (Lipinski definition) is 2. The van der Waals surface area contributed by atoms with E-state index in [2.05, 4.69) is 10.3 Å². The zero-order chi connectivity index (χ0) is 11.8. The van der Waals surface area contributed by atoms with Crippen molar-refractivity contribution in [2.45, 2.75) is 13.0 Å². The summed E-state index contributed by atoms with van der Waals surface area (Å²) < 4.78 is 0. The van der Waals surface area contributed by atoms with Gasteiger partial charge in [-0.1, -0.05) is 18.2 Å². The lowest BCUT2D eigenvalue weighted by Crippen LogP contribution is -2.72. The maximum absolute atomic E-state index is 11.9. The maximum Gasteiger partial charge on any atom is 0.251 e. The zero-order valence-electron chi connectivity index (χ0n) is 9.60. The van der Waals surface area contributed by atoms with E-state index in [1.54, 1.807) is 4.90 Å². The van der Waals surface area contributed by atoms with Crippen LogP contribution < -0.4 is 10.3 Å². The molecule has 0 aromatic heterocycles. The highest BCUT2D eigenvalue weighted by Gasteiger charge is 2.37. The zero-order valence-corrected chi connectivity index (χ0v) is 9.60. The molecule has 1 unspecified atom stereocenters. The highest BCUT2D eigenvalue weighted by atomic mass is 16.2. The molecule has 0 aliphatic carbocycles. The van der Waals surface area contributed by atoms with Gasteiger partial charge in [-0.2, -0.15) is 0 Å². The third kappa shape index (κ3) is 1.62.